The lowest BCUT2D eigenvalue weighted by Gasteiger charge is -2.10. The Balaban J connectivity index is 0.000000322. The molecule has 1 fully saturated rings. The molecule has 1 amide bonds. The zero-order valence-corrected chi connectivity index (χ0v) is 12.1. The second-order valence-electron chi connectivity index (χ2n) is 4.61. The number of carbonyl (C=O) groups excluding carboxylic acids is 1. The van der Waals surface area contributed by atoms with Crippen LogP contribution in [0.25, 0.3) is 0 Å². The lowest BCUT2D eigenvalue weighted by molar-refractivity contribution is -0.192. The highest BCUT2D eigenvalue weighted by atomic mass is 19.4. The number of rotatable bonds is 4. The molecule has 2 rings (SSSR count). The van der Waals surface area contributed by atoms with Crippen molar-refractivity contribution in [2.45, 2.75) is 24.7 Å². The van der Waals surface area contributed by atoms with Crippen molar-refractivity contribution in [3.8, 4) is 0 Å². The maximum atomic E-state index is 11.6. The number of oxazole rings is 1. The number of carbonyl (C=O) groups is 2. The van der Waals surface area contributed by atoms with E-state index in [1.54, 1.807) is 7.11 Å². The highest BCUT2D eigenvalue weighted by Crippen LogP contribution is 2.13. The monoisotopic (exact) mass is 339 g/mol. The molecule has 1 saturated heterocycles. The molecule has 0 unspecified atom stereocenters. The van der Waals surface area contributed by atoms with Gasteiger partial charge in [0.05, 0.1) is 12.8 Å². The molecule has 2 atom stereocenters. The number of alkyl halides is 3. The summed E-state index contributed by atoms with van der Waals surface area (Å²) in [6.07, 6.45) is -1.38. The molecule has 1 aromatic heterocycles. The van der Waals surface area contributed by atoms with Gasteiger partial charge in [0.2, 0.25) is 0 Å². The summed E-state index contributed by atoms with van der Waals surface area (Å²) in [6.45, 7) is 1.41. The van der Waals surface area contributed by atoms with Crippen LogP contribution in [0.2, 0.25) is 0 Å². The second-order valence-corrected chi connectivity index (χ2v) is 4.61. The first kappa shape index (κ1) is 18.9. The lowest BCUT2D eigenvalue weighted by Crippen LogP contribution is -2.36. The summed E-state index contributed by atoms with van der Waals surface area (Å²) in [5, 5.41) is 13.2. The van der Waals surface area contributed by atoms with Crippen LogP contribution in [-0.2, 0) is 9.53 Å². The first-order chi connectivity index (χ1) is 10.7. The SMILES string of the molecule is COC[C@@H]1C[C@@H](NC(=O)c2ncco2)CN1.O=C(O)C(F)(F)F. The van der Waals surface area contributed by atoms with E-state index in [2.05, 4.69) is 15.6 Å². The van der Waals surface area contributed by atoms with Gasteiger partial charge in [-0.1, -0.05) is 0 Å². The fourth-order valence-electron chi connectivity index (χ4n) is 1.84. The van der Waals surface area contributed by atoms with E-state index >= 15 is 0 Å². The standard InChI is InChI=1S/C10H15N3O3.C2HF3O2/c1-15-6-8-4-7(5-12-8)13-9(14)10-11-2-3-16-10;3-2(4,5)1(6)7/h2-3,7-8,12H,4-6H2,1H3,(H,13,14);(H,6,7)/t7-,8+;/m1./s1. The maximum Gasteiger partial charge on any atom is 0.490 e. The van der Waals surface area contributed by atoms with E-state index in [0.29, 0.717) is 12.6 Å². The molecule has 3 N–H and O–H groups in total. The fourth-order valence-corrected chi connectivity index (χ4v) is 1.84. The number of carboxylic acids is 1. The summed E-state index contributed by atoms with van der Waals surface area (Å²) < 4.78 is 41.7. The Kier molecular flexibility index (Phi) is 6.97. The van der Waals surface area contributed by atoms with Crippen molar-refractivity contribution in [3.05, 3.63) is 18.4 Å². The quantitative estimate of drug-likeness (QED) is 0.728. The lowest BCUT2D eigenvalue weighted by atomic mass is 10.2. The van der Waals surface area contributed by atoms with Gasteiger partial charge in [0.25, 0.3) is 5.89 Å². The Hall–Kier alpha value is -2.14. The van der Waals surface area contributed by atoms with Gasteiger partial charge in [-0.05, 0) is 6.42 Å². The molecular weight excluding hydrogens is 323 g/mol. The molecule has 0 radical (unpaired) electrons. The molecule has 0 aliphatic carbocycles. The van der Waals surface area contributed by atoms with Crippen LogP contribution < -0.4 is 10.6 Å². The zero-order valence-electron chi connectivity index (χ0n) is 12.1. The van der Waals surface area contributed by atoms with Crippen LogP contribution in [0.3, 0.4) is 0 Å². The van der Waals surface area contributed by atoms with E-state index in [0.717, 1.165) is 13.0 Å². The summed E-state index contributed by atoms with van der Waals surface area (Å²) in [5.74, 6) is -2.92. The highest BCUT2D eigenvalue weighted by Gasteiger charge is 2.38. The average Bonchev–Trinajstić information content (AvgIpc) is 3.10. The molecule has 0 saturated carbocycles. The summed E-state index contributed by atoms with van der Waals surface area (Å²) in [6, 6.07) is 0.416. The number of nitrogens with zero attached hydrogens (tertiary/aromatic N) is 1. The van der Waals surface area contributed by atoms with E-state index in [1.165, 1.54) is 12.5 Å². The van der Waals surface area contributed by atoms with Crippen LogP contribution in [0.1, 0.15) is 17.1 Å². The molecule has 1 aliphatic rings. The van der Waals surface area contributed by atoms with Crippen LogP contribution in [0.4, 0.5) is 13.2 Å². The first-order valence-corrected chi connectivity index (χ1v) is 6.46. The van der Waals surface area contributed by atoms with Crippen LogP contribution >= 0.6 is 0 Å². The number of ether oxygens (including phenoxy) is 1. The molecule has 0 spiro atoms. The normalized spacial score (nSPS) is 20.5. The number of aromatic nitrogens is 1. The number of aliphatic carboxylic acids is 1. The van der Waals surface area contributed by atoms with Crippen molar-refractivity contribution in [1.82, 2.24) is 15.6 Å². The molecular formula is C12H16F3N3O5. The number of hydrogen-bond acceptors (Lipinski definition) is 6. The number of nitrogens with one attached hydrogen (secondary N) is 2. The van der Waals surface area contributed by atoms with E-state index in [9.17, 15) is 18.0 Å². The Bertz CT molecular complexity index is 507. The van der Waals surface area contributed by atoms with E-state index < -0.39 is 12.1 Å². The fraction of sp³-hybridized carbons (Fsp3) is 0.583. The minimum atomic E-state index is -5.08. The molecule has 130 valence electrons. The van der Waals surface area contributed by atoms with Crippen LogP contribution in [-0.4, -0.2) is 60.5 Å². The van der Waals surface area contributed by atoms with Gasteiger partial charge in [0.1, 0.15) is 6.26 Å². The van der Waals surface area contributed by atoms with Crippen LogP contribution in [0, 0.1) is 0 Å². The predicted molar refractivity (Wildman–Crippen MR) is 69.7 cm³/mol. The molecule has 1 aromatic rings. The zero-order chi connectivity index (χ0) is 17.5. The Morgan fingerprint density at radius 2 is 2.22 bits per heavy atom. The smallest absolute Gasteiger partial charge is 0.475 e. The Labute approximate surface area is 129 Å². The summed E-state index contributed by atoms with van der Waals surface area (Å²) in [4.78, 5) is 24.3. The van der Waals surface area contributed by atoms with Crippen molar-refractivity contribution >= 4 is 11.9 Å². The van der Waals surface area contributed by atoms with Crippen molar-refractivity contribution in [2.24, 2.45) is 0 Å². The predicted octanol–water partition coefficient (Wildman–Crippen LogP) is 0.415. The number of halogens is 3. The number of amides is 1. The van der Waals surface area contributed by atoms with Crippen molar-refractivity contribution in [3.63, 3.8) is 0 Å². The number of hydrogen-bond donors (Lipinski definition) is 3. The van der Waals surface area contributed by atoms with Crippen LogP contribution in [0.15, 0.2) is 16.9 Å². The van der Waals surface area contributed by atoms with Crippen molar-refractivity contribution in [2.75, 3.05) is 20.3 Å². The summed E-state index contributed by atoms with van der Waals surface area (Å²) >= 11 is 0. The molecule has 0 aromatic carbocycles. The number of methoxy groups -OCH3 is 1. The topological polar surface area (TPSA) is 114 Å². The molecule has 1 aliphatic heterocycles. The largest absolute Gasteiger partial charge is 0.490 e. The van der Waals surface area contributed by atoms with E-state index in [1.807, 2.05) is 0 Å². The molecule has 2 heterocycles. The summed E-state index contributed by atoms with van der Waals surface area (Å²) in [5.41, 5.74) is 0. The first-order valence-electron chi connectivity index (χ1n) is 6.46. The number of carboxylic acid groups (broad SMARTS) is 1. The van der Waals surface area contributed by atoms with Gasteiger partial charge in [-0.2, -0.15) is 13.2 Å². The van der Waals surface area contributed by atoms with Gasteiger partial charge >= 0.3 is 18.1 Å². The van der Waals surface area contributed by atoms with Crippen molar-refractivity contribution < 1.29 is 37.0 Å². The van der Waals surface area contributed by atoms with Gasteiger partial charge in [0.15, 0.2) is 0 Å². The maximum absolute atomic E-state index is 11.6. The second kappa shape index (κ2) is 8.48. The molecule has 0 bridgehead atoms. The minimum Gasteiger partial charge on any atom is -0.475 e. The Morgan fingerprint density at radius 3 is 2.70 bits per heavy atom. The van der Waals surface area contributed by atoms with Gasteiger partial charge in [0, 0.05) is 25.7 Å². The Morgan fingerprint density at radius 1 is 1.57 bits per heavy atom. The summed E-state index contributed by atoms with van der Waals surface area (Å²) in [7, 11) is 1.67. The average molecular weight is 339 g/mol. The van der Waals surface area contributed by atoms with Gasteiger partial charge in [-0.25, -0.2) is 9.78 Å². The molecule has 8 nitrogen and oxygen atoms in total. The third-order valence-corrected chi connectivity index (χ3v) is 2.79. The van der Waals surface area contributed by atoms with Gasteiger partial charge in [-0.3, -0.25) is 4.79 Å². The molecule has 23 heavy (non-hydrogen) atoms. The van der Waals surface area contributed by atoms with Gasteiger partial charge < -0.3 is 24.9 Å². The third kappa shape index (κ3) is 6.65. The van der Waals surface area contributed by atoms with Crippen molar-refractivity contribution in [1.29, 1.82) is 0 Å². The van der Waals surface area contributed by atoms with E-state index in [-0.39, 0.29) is 17.8 Å². The molecule has 11 heteroatoms. The van der Waals surface area contributed by atoms with E-state index in [4.69, 9.17) is 19.1 Å². The minimum absolute atomic E-state index is 0.107. The third-order valence-electron chi connectivity index (χ3n) is 2.79. The highest BCUT2D eigenvalue weighted by molar-refractivity contribution is 5.89. The van der Waals surface area contributed by atoms with Crippen LogP contribution in [0.5, 0.6) is 0 Å². The van der Waals surface area contributed by atoms with Gasteiger partial charge in [-0.15, -0.1) is 0 Å².